The Hall–Kier alpha value is -3.89. The highest BCUT2D eigenvalue weighted by Gasteiger charge is 2.29. The molecular weight excluding hydrogens is 594 g/mol. The first-order chi connectivity index (χ1) is 21.8. The molecule has 1 aliphatic carbocycles. The molecule has 3 rings (SSSR count). The molecule has 11 heteroatoms. The van der Waals surface area contributed by atoms with E-state index < -0.39 is 0 Å². The first-order valence-electron chi connectivity index (χ1n) is 15.5. The van der Waals surface area contributed by atoms with Crippen molar-refractivity contribution in [2.24, 2.45) is 28.0 Å². The van der Waals surface area contributed by atoms with E-state index in [-0.39, 0.29) is 41.9 Å². The number of halogens is 1. The maximum atomic E-state index is 13.1. The van der Waals surface area contributed by atoms with Gasteiger partial charge < -0.3 is 30.5 Å². The number of nitrogens with one attached hydrogen (secondary N) is 3. The smallest absolute Gasteiger partial charge is 0.244 e. The van der Waals surface area contributed by atoms with E-state index in [1.807, 2.05) is 51.2 Å². The van der Waals surface area contributed by atoms with E-state index in [9.17, 15) is 14.7 Å². The average Bonchev–Trinajstić information content (AvgIpc) is 3.07. The van der Waals surface area contributed by atoms with Gasteiger partial charge >= 0.3 is 0 Å². The maximum Gasteiger partial charge on any atom is 0.244 e. The number of hydrogen-bond donors (Lipinski definition) is 4. The van der Waals surface area contributed by atoms with Gasteiger partial charge in [0.1, 0.15) is 11.4 Å². The van der Waals surface area contributed by atoms with Crippen LogP contribution in [0.1, 0.15) is 57.9 Å². The Balaban J connectivity index is 0.000000761. The molecule has 1 amide bonds. The molecule has 1 fully saturated rings. The van der Waals surface area contributed by atoms with Crippen molar-refractivity contribution in [1.82, 2.24) is 10.6 Å². The molecule has 2 aromatic rings. The Kier molecular flexibility index (Phi) is 17.4. The second-order valence-electron chi connectivity index (χ2n) is 10.6. The van der Waals surface area contributed by atoms with E-state index in [0.29, 0.717) is 54.4 Å². The molecule has 246 valence electrons. The van der Waals surface area contributed by atoms with E-state index in [0.717, 1.165) is 31.4 Å². The Labute approximate surface area is 272 Å². The summed E-state index contributed by atoms with van der Waals surface area (Å²) in [5, 5.41) is 26.8. The standard InChI is InChI=1S/C27H39ClN4O5.C7H9N/c1-5-8-20(15-33)25(29-3)23(16-34)31-26(35)19-10-7-9-18(13-19)17-37-27(32-30-4)22-14-21(28)11-12-24(22)36-6-2;1-8-7-5-3-2-4-6-7/h11-12,14,16,18-20,29,33H,4-10,13,15,17H2,1-3H3,(H,31,35);2-6,8H,1H3/b25-23+,32-27-;. The Morgan fingerprint density at radius 3 is 2.51 bits per heavy atom. The zero-order valence-corrected chi connectivity index (χ0v) is 27.6. The fourth-order valence-electron chi connectivity index (χ4n) is 5.29. The van der Waals surface area contributed by atoms with Crippen LogP contribution in [-0.4, -0.2) is 63.8 Å². The highest BCUT2D eigenvalue weighted by atomic mass is 35.5. The summed E-state index contributed by atoms with van der Waals surface area (Å²) in [5.74, 6) is 0.218. The van der Waals surface area contributed by atoms with Crippen molar-refractivity contribution in [1.29, 1.82) is 0 Å². The molecule has 0 radical (unpaired) electrons. The van der Waals surface area contributed by atoms with Gasteiger partial charge in [0.25, 0.3) is 0 Å². The van der Waals surface area contributed by atoms with Gasteiger partial charge in [0.05, 0.1) is 25.4 Å². The number of ether oxygens (including phenoxy) is 2. The SMILES string of the molecule is C=N/N=C(\OCC1CCCC(C(=O)N/C(C=O)=C(/NC)C(CO)CCC)C1)c1cc(Cl)ccc1OCC.CNc1ccccc1. The summed E-state index contributed by atoms with van der Waals surface area (Å²) >= 11 is 6.19. The quantitative estimate of drug-likeness (QED) is 0.0634. The van der Waals surface area contributed by atoms with Crippen LogP contribution >= 0.6 is 11.6 Å². The fraction of sp³-hybridized carbons (Fsp3) is 0.471. The molecular formula is C34H48ClN5O5. The minimum Gasteiger partial charge on any atom is -0.493 e. The Bertz CT molecular complexity index is 1270. The molecule has 10 nitrogen and oxygen atoms in total. The number of para-hydroxylation sites is 1. The van der Waals surface area contributed by atoms with Gasteiger partial charge in [-0.2, -0.15) is 5.10 Å². The number of aldehydes is 1. The molecule has 1 aliphatic rings. The average molecular weight is 642 g/mol. The number of hydrogen-bond acceptors (Lipinski definition) is 9. The summed E-state index contributed by atoms with van der Waals surface area (Å²) in [6.07, 6.45) is 5.25. The highest BCUT2D eigenvalue weighted by molar-refractivity contribution is 6.31. The van der Waals surface area contributed by atoms with Crippen molar-refractivity contribution in [2.45, 2.75) is 52.4 Å². The molecule has 45 heavy (non-hydrogen) atoms. The number of aliphatic hydroxyl groups excluding tert-OH is 1. The molecule has 0 heterocycles. The van der Waals surface area contributed by atoms with Gasteiger partial charge in [-0.25, -0.2) is 0 Å². The summed E-state index contributed by atoms with van der Waals surface area (Å²) in [6, 6.07) is 15.3. The third-order valence-corrected chi connectivity index (χ3v) is 7.74. The molecule has 2 aromatic carbocycles. The fourth-order valence-corrected chi connectivity index (χ4v) is 5.46. The number of amides is 1. The lowest BCUT2D eigenvalue weighted by Gasteiger charge is -2.29. The molecule has 0 aliphatic heterocycles. The van der Waals surface area contributed by atoms with E-state index in [1.165, 1.54) is 0 Å². The number of allylic oxidation sites excluding steroid dienone is 1. The number of benzene rings is 2. The van der Waals surface area contributed by atoms with Crippen LogP contribution < -0.4 is 20.7 Å². The van der Waals surface area contributed by atoms with Crippen LogP contribution in [0, 0.1) is 17.8 Å². The van der Waals surface area contributed by atoms with Crippen LogP contribution in [0.25, 0.3) is 0 Å². The number of anilines is 1. The van der Waals surface area contributed by atoms with E-state index in [2.05, 4.69) is 32.9 Å². The topological polar surface area (TPSA) is 134 Å². The molecule has 0 spiro atoms. The lowest BCUT2D eigenvalue weighted by atomic mass is 9.81. The van der Waals surface area contributed by atoms with Crippen molar-refractivity contribution in [2.75, 3.05) is 39.2 Å². The maximum absolute atomic E-state index is 13.1. The zero-order chi connectivity index (χ0) is 33.0. The van der Waals surface area contributed by atoms with Gasteiger partial charge in [-0.05, 0) is 68.9 Å². The first kappa shape index (κ1) is 37.3. The summed E-state index contributed by atoms with van der Waals surface area (Å²) in [6.45, 7) is 8.02. The Morgan fingerprint density at radius 1 is 1.18 bits per heavy atom. The molecule has 1 saturated carbocycles. The van der Waals surface area contributed by atoms with Crippen molar-refractivity contribution in [3.63, 3.8) is 0 Å². The van der Waals surface area contributed by atoms with E-state index in [4.69, 9.17) is 21.1 Å². The number of aliphatic hydroxyl groups is 1. The number of rotatable bonds is 15. The van der Waals surface area contributed by atoms with Gasteiger partial charge in [0.2, 0.25) is 11.8 Å². The predicted octanol–water partition coefficient (Wildman–Crippen LogP) is 5.81. The zero-order valence-electron chi connectivity index (χ0n) is 26.9. The van der Waals surface area contributed by atoms with Crippen molar-refractivity contribution in [3.05, 3.63) is 70.5 Å². The van der Waals surface area contributed by atoms with Crippen LogP contribution in [0.4, 0.5) is 5.69 Å². The largest absolute Gasteiger partial charge is 0.493 e. The second kappa shape index (κ2) is 21.0. The van der Waals surface area contributed by atoms with Crippen molar-refractivity contribution in [3.8, 4) is 5.75 Å². The van der Waals surface area contributed by atoms with Gasteiger partial charge in [-0.3, -0.25) is 9.59 Å². The number of nitrogens with zero attached hydrogens (tertiary/aromatic N) is 2. The Morgan fingerprint density at radius 2 is 1.93 bits per heavy atom. The number of carbonyl (C=O) groups excluding carboxylic acids is 2. The third-order valence-electron chi connectivity index (χ3n) is 7.51. The van der Waals surface area contributed by atoms with Crippen LogP contribution in [0.3, 0.4) is 0 Å². The van der Waals surface area contributed by atoms with Gasteiger partial charge in [0.15, 0.2) is 6.29 Å². The molecule has 0 aromatic heterocycles. The summed E-state index contributed by atoms with van der Waals surface area (Å²) in [7, 11) is 3.60. The molecule has 0 bridgehead atoms. The normalized spacial score (nSPS) is 17.4. The predicted molar refractivity (Wildman–Crippen MR) is 182 cm³/mol. The van der Waals surface area contributed by atoms with E-state index >= 15 is 0 Å². The molecule has 3 atom stereocenters. The lowest BCUT2D eigenvalue weighted by molar-refractivity contribution is -0.126. The van der Waals surface area contributed by atoms with Crippen molar-refractivity contribution < 1.29 is 24.2 Å². The van der Waals surface area contributed by atoms with Gasteiger partial charge in [0, 0.05) is 49.1 Å². The number of carbonyl (C=O) groups is 2. The molecule has 3 unspecified atom stereocenters. The highest BCUT2D eigenvalue weighted by Crippen LogP contribution is 2.31. The first-order valence-corrected chi connectivity index (χ1v) is 15.8. The molecule has 4 N–H and O–H groups in total. The summed E-state index contributed by atoms with van der Waals surface area (Å²) in [4.78, 5) is 24.9. The monoisotopic (exact) mass is 641 g/mol. The van der Waals surface area contributed by atoms with Crippen LogP contribution in [0.15, 0.2) is 70.1 Å². The van der Waals surface area contributed by atoms with Crippen LogP contribution in [-0.2, 0) is 14.3 Å². The van der Waals surface area contributed by atoms with Crippen LogP contribution in [0.5, 0.6) is 5.75 Å². The second-order valence-corrected chi connectivity index (χ2v) is 11.1. The van der Waals surface area contributed by atoms with Crippen molar-refractivity contribution >= 4 is 42.1 Å². The van der Waals surface area contributed by atoms with Crippen LogP contribution in [0.2, 0.25) is 5.02 Å². The molecule has 0 saturated heterocycles. The van der Waals surface area contributed by atoms with Gasteiger partial charge in [-0.1, -0.05) is 49.6 Å². The lowest BCUT2D eigenvalue weighted by Crippen LogP contribution is -2.37. The minimum absolute atomic E-state index is 0.104. The van der Waals surface area contributed by atoms with Gasteiger partial charge in [-0.15, -0.1) is 5.10 Å². The third kappa shape index (κ3) is 12.2. The summed E-state index contributed by atoms with van der Waals surface area (Å²) < 4.78 is 11.7. The summed E-state index contributed by atoms with van der Waals surface area (Å²) in [5.41, 5.74) is 2.47. The minimum atomic E-state index is -0.266. The van der Waals surface area contributed by atoms with E-state index in [1.54, 1.807) is 25.2 Å².